The van der Waals surface area contributed by atoms with E-state index in [1.165, 1.54) is 24.3 Å². The fourth-order valence-corrected chi connectivity index (χ4v) is 2.30. The van der Waals surface area contributed by atoms with Gasteiger partial charge in [-0.3, -0.25) is 0 Å². The van der Waals surface area contributed by atoms with Gasteiger partial charge in [-0.25, -0.2) is 0 Å². The molecule has 0 radical (unpaired) electrons. The molecule has 1 N–H and O–H groups in total. The lowest BCUT2D eigenvalue weighted by Gasteiger charge is -2.23. The summed E-state index contributed by atoms with van der Waals surface area (Å²) < 4.78 is 0. The maximum absolute atomic E-state index is 3.83. The molecule has 0 unspecified atom stereocenters. The molecule has 1 saturated heterocycles. The summed E-state index contributed by atoms with van der Waals surface area (Å²) in [7, 11) is 0. The van der Waals surface area contributed by atoms with E-state index in [2.05, 4.69) is 23.7 Å². The number of thioether (sulfide) groups is 1. The van der Waals surface area contributed by atoms with Crippen molar-refractivity contribution in [3.8, 4) is 0 Å². The highest BCUT2D eigenvalue weighted by Gasteiger charge is 2.11. The third-order valence-electron chi connectivity index (χ3n) is 1.67. The van der Waals surface area contributed by atoms with Gasteiger partial charge in [-0.1, -0.05) is 6.58 Å². The van der Waals surface area contributed by atoms with Crippen molar-refractivity contribution in [2.24, 2.45) is 0 Å². The van der Waals surface area contributed by atoms with E-state index in [1.807, 2.05) is 6.92 Å². The molecule has 2 heteroatoms. The lowest BCUT2D eigenvalue weighted by Crippen LogP contribution is -2.30. The topological polar surface area (TPSA) is 12.0 Å². The number of hydrogen-bond donors (Lipinski definition) is 1. The van der Waals surface area contributed by atoms with E-state index in [-0.39, 0.29) is 0 Å². The molecule has 0 spiro atoms. The van der Waals surface area contributed by atoms with Crippen LogP contribution < -0.4 is 5.32 Å². The van der Waals surface area contributed by atoms with Crippen LogP contribution in [0.2, 0.25) is 0 Å². The van der Waals surface area contributed by atoms with Gasteiger partial charge in [0.2, 0.25) is 0 Å². The van der Waals surface area contributed by atoms with Crippen LogP contribution in [-0.4, -0.2) is 17.5 Å². The zero-order valence-electron chi connectivity index (χ0n) is 6.52. The first kappa shape index (κ1) is 7.99. The quantitative estimate of drug-likeness (QED) is 0.658. The monoisotopic (exact) mass is 157 g/mol. The zero-order valence-corrected chi connectivity index (χ0v) is 7.34. The maximum atomic E-state index is 3.83. The molecule has 0 bridgehead atoms. The summed E-state index contributed by atoms with van der Waals surface area (Å²) in [6.07, 6.45) is 2.61. The summed E-state index contributed by atoms with van der Waals surface area (Å²) in [5.41, 5.74) is 1.11. The van der Waals surface area contributed by atoms with Crippen LogP contribution in [-0.2, 0) is 0 Å². The number of hydrogen-bond acceptors (Lipinski definition) is 2. The molecule has 1 nitrogen and oxygen atoms in total. The van der Waals surface area contributed by atoms with Crippen molar-refractivity contribution < 1.29 is 0 Å². The van der Waals surface area contributed by atoms with Crippen LogP contribution in [0.1, 0.15) is 19.8 Å². The second-order valence-corrected chi connectivity index (χ2v) is 4.04. The molecule has 1 heterocycles. The summed E-state index contributed by atoms with van der Waals surface area (Å²) >= 11 is 2.06. The van der Waals surface area contributed by atoms with E-state index in [0.717, 1.165) is 5.70 Å². The normalized spacial score (nSPS) is 20.5. The molecular weight excluding hydrogens is 142 g/mol. The van der Waals surface area contributed by atoms with E-state index in [0.29, 0.717) is 6.04 Å². The van der Waals surface area contributed by atoms with Crippen molar-refractivity contribution in [1.82, 2.24) is 5.32 Å². The van der Waals surface area contributed by atoms with E-state index in [1.54, 1.807) is 0 Å². The van der Waals surface area contributed by atoms with Crippen molar-refractivity contribution in [2.45, 2.75) is 25.8 Å². The first-order valence-electron chi connectivity index (χ1n) is 3.79. The average Bonchev–Trinajstić information content (AvgIpc) is 1.88. The highest BCUT2D eigenvalue weighted by Crippen LogP contribution is 2.17. The Morgan fingerprint density at radius 1 is 1.50 bits per heavy atom. The average molecular weight is 157 g/mol. The molecule has 0 aromatic heterocycles. The van der Waals surface area contributed by atoms with Gasteiger partial charge in [-0.15, -0.1) is 0 Å². The van der Waals surface area contributed by atoms with Crippen LogP contribution in [0.3, 0.4) is 0 Å². The highest BCUT2D eigenvalue weighted by molar-refractivity contribution is 7.99. The van der Waals surface area contributed by atoms with Crippen molar-refractivity contribution in [2.75, 3.05) is 11.5 Å². The van der Waals surface area contributed by atoms with Crippen molar-refractivity contribution in [1.29, 1.82) is 0 Å². The van der Waals surface area contributed by atoms with Gasteiger partial charge in [0.25, 0.3) is 0 Å². The second kappa shape index (κ2) is 3.91. The van der Waals surface area contributed by atoms with Crippen LogP contribution in [0.15, 0.2) is 12.3 Å². The molecule has 0 aromatic rings. The van der Waals surface area contributed by atoms with Gasteiger partial charge in [-0.2, -0.15) is 11.8 Å². The molecule has 0 aromatic carbocycles. The molecule has 58 valence electrons. The standard InChI is InChI=1S/C8H15NS/c1-7(2)9-8-3-5-10-6-4-8/h8-9H,1,3-6H2,2H3. The Morgan fingerprint density at radius 2 is 2.10 bits per heavy atom. The lowest BCUT2D eigenvalue weighted by atomic mass is 10.1. The van der Waals surface area contributed by atoms with Crippen molar-refractivity contribution in [3.05, 3.63) is 12.3 Å². The summed E-state index contributed by atoms with van der Waals surface area (Å²) in [6, 6.07) is 0.707. The van der Waals surface area contributed by atoms with Crippen LogP contribution >= 0.6 is 11.8 Å². The van der Waals surface area contributed by atoms with E-state index in [4.69, 9.17) is 0 Å². The predicted octanol–water partition coefficient (Wildman–Crippen LogP) is 2.01. The van der Waals surface area contributed by atoms with E-state index in [9.17, 15) is 0 Å². The Balaban J connectivity index is 2.19. The number of allylic oxidation sites excluding steroid dienone is 1. The fraction of sp³-hybridized carbons (Fsp3) is 0.750. The first-order valence-corrected chi connectivity index (χ1v) is 4.94. The molecule has 0 saturated carbocycles. The summed E-state index contributed by atoms with van der Waals surface area (Å²) in [4.78, 5) is 0. The van der Waals surface area contributed by atoms with Gasteiger partial charge in [0.15, 0.2) is 0 Å². The van der Waals surface area contributed by atoms with Crippen molar-refractivity contribution in [3.63, 3.8) is 0 Å². The molecule has 0 amide bonds. The second-order valence-electron chi connectivity index (χ2n) is 2.81. The third-order valence-corrected chi connectivity index (χ3v) is 2.72. The predicted molar refractivity (Wildman–Crippen MR) is 48.3 cm³/mol. The SMILES string of the molecule is C=C(C)NC1CCSCC1. The molecule has 1 aliphatic rings. The van der Waals surface area contributed by atoms with E-state index >= 15 is 0 Å². The molecule has 1 rings (SSSR count). The Morgan fingerprint density at radius 3 is 2.60 bits per heavy atom. The summed E-state index contributed by atoms with van der Waals surface area (Å²) in [5.74, 6) is 2.62. The van der Waals surface area contributed by atoms with Gasteiger partial charge in [0.05, 0.1) is 0 Å². The van der Waals surface area contributed by atoms with Gasteiger partial charge < -0.3 is 5.32 Å². The van der Waals surface area contributed by atoms with Crippen molar-refractivity contribution >= 4 is 11.8 Å². The third kappa shape index (κ3) is 2.65. The van der Waals surface area contributed by atoms with Crippen LogP contribution in [0.4, 0.5) is 0 Å². The minimum Gasteiger partial charge on any atom is -0.386 e. The van der Waals surface area contributed by atoms with Gasteiger partial charge in [-0.05, 0) is 31.3 Å². The minimum atomic E-state index is 0.707. The van der Waals surface area contributed by atoms with Crippen LogP contribution in [0.25, 0.3) is 0 Å². The van der Waals surface area contributed by atoms with Crippen LogP contribution in [0, 0.1) is 0 Å². The maximum Gasteiger partial charge on any atom is 0.0273 e. The minimum absolute atomic E-state index is 0.707. The molecule has 0 atom stereocenters. The largest absolute Gasteiger partial charge is 0.386 e. The Labute approximate surface area is 67.3 Å². The Kier molecular flexibility index (Phi) is 3.13. The Hall–Kier alpha value is -0.110. The number of nitrogens with one attached hydrogen (secondary N) is 1. The van der Waals surface area contributed by atoms with Gasteiger partial charge >= 0.3 is 0 Å². The number of rotatable bonds is 2. The lowest BCUT2D eigenvalue weighted by molar-refractivity contribution is 0.532. The zero-order chi connectivity index (χ0) is 7.40. The smallest absolute Gasteiger partial charge is 0.0273 e. The first-order chi connectivity index (χ1) is 4.79. The summed E-state index contributed by atoms with van der Waals surface area (Å²) in [5, 5.41) is 3.37. The highest BCUT2D eigenvalue weighted by atomic mass is 32.2. The molecular formula is C8H15NS. The fourth-order valence-electron chi connectivity index (χ4n) is 1.19. The Bertz CT molecular complexity index is 116. The molecule has 1 fully saturated rings. The van der Waals surface area contributed by atoms with Gasteiger partial charge in [0.1, 0.15) is 0 Å². The summed E-state index contributed by atoms with van der Waals surface area (Å²) in [6.45, 7) is 5.86. The van der Waals surface area contributed by atoms with Gasteiger partial charge in [0, 0.05) is 11.7 Å². The molecule has 0 aliphatic carbocycles. The van der Waals surface area contributed by atoms with E-state index < -0.39 is 0 Å². The molecule has 10 heavy (non-hydrogen) atoms. The molecule has 1 aliphatic heterocycles. The van der Waals surface area contributed by atoms with Crippen LogP contribution in [0.5, 0.6) is 0 Å².